The van der Waals surface area contributed by atoms with E-state index < -0.39 is 0 Å². The number of aromatic amines is 1. The Morgan fingerprint density at radius 2 is 1.71 bits per heavy atom. The number of aromatic nitrogens is 2. The Balaban J connectivity index is 0.000000980. The zero-order valence-corrected chi connectivity index (χ0v) is 11.0. The van der Waals surface area contributed by atoms with Gasteiger partial charge in [-0.05, 0) is 6.07 Å². The fourth-order valence-corrected chi connectivity index (χ4v) is 1.11. The van der Waals surface area contributed by atoms with Gasteiger partial charge in [0.1, 0.15) is 0 Å². The van der Waals surface area contributed by atoms with Crippen molar-refractivity contribution in [2.45, 2.75) is 0 Å². The van der Waals surface area contributed by atoms with Crippen LogP contribution in [0.3, 0.4) is 0 Å². The minimum Gasteiger partial charge on any atom is -0.268 e. The summed E-state index contributed by atoms with van der Waals surface area (Å²) in [5.41, 5.74) is 1.60. The van der Waals surface area contributed by atoms with Crippen molar-refractivity contribution < 1.29 is 0 Å². The van der Waals surface area contributed by atoms with E-state index in [9.17, 15) is 4.79 Å². The van der Waals surface area contributed by atoms with Crippen LogP contribution in [0.25, 0.3) is 11.3 Å². The Hall–Kier alpha value is -0.264. The van der Waals surface area contributed by atoms with Crippen LogP contribution in [-0.2, 0) is 0 Å². The van der Waals surface area contributed by atoms with Crippen molar-refractivity contribution >= 4 is 51.4 Å². The van der Waals surface area contributed by atoms with Crippen molar-refractivity contribution in [2.75, 3.05) is 0 Å². The van der Waals surface area contributed by atoms with Gasteiger partial charge in [-0.1, -0.05) is 30.3 Å². The van der Waals surface area contributed by atoms with Gasteiger partial charge in [0, 0.05) is 63.0 Å². The molecule has 65 valence electrons. The van der Waals surface area contributed by atoms with E-state index in [2.05, 4.69) is 10.2 Å². The Kier molecular flexibility index (Phi) is 4.70. The summed E-state index contributed by atoms with van der Waals surface area (Å²) in [7, 11) is 0. The molecule has 0 unspecified atom stereocenters. The van der Waals surface area contributed by atoms with Gasteiger partial charge in [0.05, 0.1) is 5.69 Å². The fourth-order valence-electron chi connectivity index (χ4n) is 1.11. The van der Waals surface area contributed by atoms with Gasteiger partial charge in [0.15, 0.2) is 0 Å². The number of benzene rings is 1. The smallest absolute Gasteiger partial charge is 0.264 e. The third kappa shape index (κ3) is 2.86. The van der Waals surface area contributed by atoms with Crippen LogP contribution in [-0.4, -0.2) is 61.6 Å². The number of nitrogens with one attached hydrogen (secondary N) is 1. The van der Waals surface area contributed by atoms with E-state index in [-0.39, 0.29) is 56.9 Å². The van der Waals surface area contributed by atoms with E-state index in [1.54, 1.807) is 6.07 Å². The molecule has 1 radical (unpaired) electrons. The minimum absolute atomic E-state index is 0. The van der Waals surface area contributed by atoms with Crippen LogP contribution in [0.2, 0.25) is 0 Å². The molecule has 0 atom stereocenters. The second kappa shape index (κ2) is 5.58. The van der Waals surface area contributed by atoms with Crippen LogP contribution in [0.5, 0.6) is 0 Å². The van der Waals surface area contributed by atoms with Crippen molar-refractivity contribution in [1.82, 2.24) is 10.2 Å². The molecule has 1 aromatic heterocycles. The molecule has 2 aromatic rings. The van der Waals surface area contributed by atoms with Crippen molar-refractivity contribution in [1.29, 1.82) is 0 Å². The molecule has 0 spiro atoms. The van der Waals surface area contributed by atoms with Gasteiger partial charge in [-0.15, -0.1) is 0 Å². The normalized spacial score (nSPS) is 9.14. The quantitative estimate of drug-likeness (QED) is 0.717. The van der Waals surface area contributed by atoms with Gasteiger partial charge in [-0.2, -0.15) is 5.10 Å². The zero-order chi connectivity index (χ0) is 9.10. The second-order valence-corrected chi connectivity index (χ2v) is 2.67. The van der Waals surface area contributed by atoms with Crippen molar-refractivity contribution in [3.05, 3.63) is 52.8 Å². The third-order valence-corrected chi connectivity index (χ3v) is 1.75. The van der Waals surface area contributed by atoms with E-state index >= 15 is 0 Å². The molecule has 0 aliphatic rings. The molecule has 14 heavy (non-hydrogen) atoms. The maximum atomic E-state index is 10.7. The molecule has 0 fully saturated rings. The van der Waals surface area contributed by atoms with Gasteiger partial charge in [0.2, 0.25) is 0 Å². The predicted molar refractivity (Wildman–Crippen MR) is 56.0 cm³/mol. The first-order valence-electron chi connectivity index (χ1n) is 3.97. The molecule has 0 amide bonds. The van der Waals surface area contributed by atoms with Crippen LogP contribution < -0.4 is 5.56 Å². The van der Waals surface area contributed by atoms with Crippen LogP contribution in [0.1, 0.15) is 0 Å². The fraction of sp³-hybridized carbons (Fsp3) is 0. The van der Waals surface area contributed by atoms with Gasteiger partial charge in [0.25, 0.3) is 5.56 Å². The summed E-state index contributed by atoms with van der Waals surface area (Å²) in [6, 6.07) is 12.9. The standard InChI is InChI=1S/C10H8N2O.K/c13-10-7-6-9(11-12-10)8-4-2-1-3-5-8;/h1-7H,(H,12,13);. The number of hydrogen-bond acceptors (Lipinski definition) is 2. The molecular formula is C10H8KN2O. The molecule has 1 aromatic carbocycles. The maximum Gasteiger partial charge on any atom is 0.264 e. The molecule has 1 N–H and O–H groups in total. The molecule has 0 saturated heterocycles. The maximum absolute atomic E-state index is 10.7. The van der Waals surface area contributed by atoms with Crippen molar-refractivity contribution in [3.8, 4) is 11.3 Å². The van der Waals surface area contributed by atoms with Gasteiger partial charge in [-0.3, -0.25) is 4.79 Å². The second-order valence-electron chi connectivity index (χ2n) is 2.67. The van der Waals surface area contributed by atoms with E-state index in [0.29, 0.717) is 0 Å². The number of H-pyrrole nitrogens is 1. The van der Waals surface area contributed by atoms with E-state index in [1.165, 1.54) is 6.07 Å². The summed E-state index contributed by atoms with van der Waals surface area (Å²) in [4.78, 5) is 10.7. The van der Waals surface area contributed by atoms with Crippen molar-refractivity contribution in [3.63, 3.8) is 0 Å². The number of nitrogens with zero attached hydrogens (tertiary/aromatic N) is 1. The number of hydrogen-bond donors (Lipinski definition) is 1. The molecular weight excluding hydrogens is 203 g/mol. The van der Waals surface area contributed by atoms with Crippen LogP contribution in [0, 0.1) is 0 Å². The molecule has 1 heterocycles. The van der Waals surface area contributed by atoms with E-state index in [4.69, 9.17) is 0 Å². The average molecular weight is 211 g/mol. The van der Waals surface area contributed by atoms with Crippen molar-refractivity contribution in [2.24, 2.45) is 0 Å². The molecule has 0 bridgehead atoms. The summed E-state index contributed by atoms with van der Waals surface area (Å²) in [6.45, 7) is 0. The first kappa shape index (κ1) is 11.8. The largest absolute Gasteiger partial charge is 0.268 e. The minimum atomic E-state index is -0.181. The summed E-state index contributed by atoms with van der Waals surface area (Å²) in [5.74, 6) is 0. The summed E-state index contributed by atoms with van der Waals surface area (Å²) in [5, 5.41) is 6.30. The van der Waals surface area contributed by atoms with Crippen LogP contribution in [0.15, 0.2) is 47.3 Å². The first-order chi connectivity index (χ1) is 6.36. The predicted octanol–water partition coefficient (Wildman–Crippen LogP) is 1.06. The Morgan fingerprint density at radius 1 is 1.00 bits per heavy atom. The van der Waals surface area contributed by atoms with Gasteiger partial charge < -0.3 is 0 Å². The molecule has 3 nitrogen and oxygen atoms in total. The SMILES string of the molecule is O=c1ccc(-c2ccccc2)n[nH]1.[K]. The molecule has 0 saturated carbocycles. The van der Waals surface area contributed by atoms with E-state index in [0.717, 1.165) is 11.3 Å². The first-order valence-corrected chi connectivity index (χ1v) is 3.97. The zero-order valence-electron chi connectivity index (χ0n) is 7.90. The number of rotatable bonds is 1. The van der Waals surface area contributed by atoms with Gasteiger partial charge >= 0.3 is 0 Å². The monoisotopic (exact) mass is 211 g/mol. The average Bonchev–Trinajstić information content (AvgIpc) is 2.20. The molecule has 4 heteroatoms. The molecule has 0 aliphatic carbocycles. The Morgan fingerprint density at radius 3 is 2.29 bits per heavy atom. The summed E-state index contributed by atoms with van der Waals surface area (Å²) in [6.07, 6.45) is 0. The van der Waals surface area contributed by atoms with E-state index in [1.807, 2.05) is 30.3 Å². The Labute approximate surface area is 124 Å². The van der Waals surface area contributed by atoms with Gasteiger partial charge in [-0.25, -0.2) is 5.10 Å². The molecule has 2 rings (SSSR count). The summed E-state index contributed by atoms with van der Waals surface area (Å²) < 4.78 is 0. The molecule has 0 aliphatic heterocycles. The Bertz CT molecular complexity index is 433. The van der Waals surface area contributed by atoms with Crippen LogP contribution >= 0.6 is 0 Å². The third-order valence-electron chi connectivity index (χ3n) is 1.75. The van der Waals surface area contributed by atoms with Crippen LogP contribution in [0.4, 0.5) is 0 Å². The summed E-state index contributed by atoms with van der Waals surface area (Å²) >= 11 is 0. The topological polar surface area (TPSA) is 45.8 Å².